The monoisotopic (exact) mass is 326 g/mol. The molecule has 0 aliphatic heterocycles. The van der Waals surface area contributed by atoms with Gasteiger partial charge in [-0.1, -0.05) is 31.2 Å². The molecular weight excluding hydrogens is 304 g/mol. The predicted octanol–water partition coefficient (Wildman–Crippen LogP) is 3.62. The van der Waals surface area contributed by atoms with Gasteiger partial charge < -0.3 is 15.4 Å². The lowest BCUT2D eigenvalue weighted by Crippen LogP contribution is -2.17. The van der Waals surface area contributed by atoms with E-state index in [4.69, 9.17) is 4.74 Å². The zero-order valence-electron chi connectivity index (χ0n) is 14.0. The number of hydrogen-bond acceptors (Lipinski definition) is 3. The smallest absolute Gasteiger partial charge is 0.228 e. The highest BCUT2D eigenvalue weighted by Gasteiger charge is 2.09. The summed E-state index contributed by atoms with van der Waals surface area (Å²) in [6.45, 7) is 1.95. The lowest BCUT2D eigenvalue weighted by Gasteiger charge is -2.12. The van der Waals surface area contributed by atoms with Gasteiger partial charge in [0.25, 0.3) is 0 Å². The van der Waals surface area contributed by atoms with Crippen LogP contribution < -0.4 is 15.4 Å². The predicted molar refractivity (Wildman–Crippen MR) is 95.3 cm³/mol. The summed E-state index contributed by atoms with van der Waals surface area (Å²) in [5.74, 6) is 0.551. The van der Waals surface area contributed by atoms with Crippen molar-refractivity contribution in [1.29, 1.82) is 0 Å². The topological polar surface area (TPSA) is 67.4 Å². The molecule has 0 aliphatic carbocycles. The number of ether oxygens (including phenoxy) is 1. The van der Waals surface area contributed by atoms with E-state index in [-0.39, 0.29) is 18.2 Å². The Kier molecular flexibility index (Phi) is 6.37. The minimum absolute atomic E-state index is 0.0608. The standard InChI is InChI=1S/C19H22N2O3/c1-3-6-18(22)20-16-7-4-5-8-17(16)21-19(23)13-14-9-11-15(24-2)12-10-14/h4-5,7-12H,3,6,13H2,1-2H3,(H,20,22)(H,21,23). The molecule has 0 aromatic heterocycles. The van der Waals surface area contributed by atoms with Gasteiger partial charge in [0.2, 0.25) is 11.8 Å². The number of carbonyl (C=O) groups excluding carboxylic acids is 2. The summed E-state index contributed by atoms with van der Waals surface area (Å²) in [4.78, 5) is 24.0. The van der Waals surface area contributed by atoms with Crippen molar-refractivity contribution in [2.45, 2.75) is 26.2 Å². The van der Waals surface area contributed by atoms with Crippen LogP contribution >= 0.6 is 0 Å². The summed E-state index contributed by atoms with van der Waals surface area (Å²) < 4.78 is 5.10. The second kappa shape index (κ2) is 8.72. The number of anilines is 2. The van der Waals surface area contributed by atoms with Crippen molar-refractivity contribution in [3.8, 4) is 5.75 Å². The van der Waals surface area contributed by atoms with Crippen LogP contribution in [0.5, 0.6) is 5.75 Å². The molecule has 5 nitrogen and oxygen atoms in total. The van der Waals surface area contributed by atoms with Crippen molar-refractivity contribution in [3.05, 3.63) is 54.1 Å². The van der Waals surface area contributed by atoms with Crippen molar-refractivity contribution in [2.24, 2.45) is 0 Å². The first-order valence-corrected chi connectivity index (χ1v) is 7.94. The molecular formula is C19H22N2O3. The Morgan fingerprint density at radius 2 is 1.50 bits per heavy atom. The summed E-state index contributed by atoms with van der Waals surface area (Å²) >= 11 is 0. The van der Waals surface area contributed by atoms with Crippen LogP contribution in [0.1, 0.15) is 25.3 Å². The summed E-state index contributed by atoms with van der Waals surface area (Å²) in [5.41, 5.74) is 2.10. The summed E-state index contributed by atoms with van der Waals surface area (Å²) in [6.07, 6.45) is 1.48. The zero-order chi connectivity index (χ0) is 17.4. The molecule has 0 bridgehead atoms. The summed E-state index contributed by atoms with van der Waals surface area (Å²) in [6, 6.07) is 14.5. The van der Waals surface area contributed by atoms with E-state index in [1.165, 1.54) is 0 Å². The largest absolute Gasteiger partial charge is 0.497 e. The van der Waals surface area contributed by atoms with Crippen LogP contribution in [0, 0.1) is 0 Å². The Morgan fingerprint density at radius 1 is 0.917 bits per heavy atom. The fraction of sp³-hybridized carbons (Fsp3) is 0.263. The van der Waals surface area contributed by atoms with Gasteiger partial charge in [-0.05, 0) is 36.2 Å². The second-order valence-electron chi connectivity index (χ2n) is 5.42. The van der Waals surface area contributed by atoms with Crippen molar-refractivity contribution in [1.82, 2.24) is 0 Å². The van der Waals surface area contributed by atoms with Crippen molar-refractivity contribution in [2.75, 3.05) is 17.7 Å². The Bertz CT molecular complexity index is 696. The van der Waals surface area contributed by atoms with E-state index in [0.29, 0.717) is 17.8 Å². The molecule has 0 heterocycles. The Labute approximate surface area is 142 Å². The molecule has 126 valence electrons. The molecule has 0 spiro atoms. The average Bonchev–Trinajstić information content (AvgIpc) is 2.57. The molecule has 0 fully saturated rings. The fourth-order valence-electron chi connectivity index (χ4n) is 2.26. The van der Waals surface area contributed by atoms with E-state index >= 15 is 0 Å². The van der Waals surface area contributed by atoms with Crippen LogP contribution in [-0.4, -0.2) is 18.9 Å². The molecule has 2 aromatic rings. The second-order valence-corrected chi connectivity index (χ2v) is 5.42. The number of rotatable bonds is 7. The molecule has 0 atom stereocenters. The van der Waals surface area contributed by atoms with Gasteiger partial charge in [0.05, 0.1) is 24.9 Å². The Balaban J connectivity index is 2.01. The van der Waals surface area contributed by atoms with Gasteiger partial charge in [0.1, 0.15) is 5.75 Å². The number of carbonyl (C=O) groups is 2. The van der Waals surface area contributed by atoms with E-state index in [1.807, 2.05) is 43.3 Å². The fourth-order valence-corrected chi connectivity index (χ4v) is 2.26. The number of amides is 2. The molecule has 2 amide bonds. The van der Waals surface area contributed by atoms with E-state index < -0.39 is 0 Å². The maximum Gasteiger partial charge on any atom is 0.228 e. The Hall–Kier alpha value is -2.82. The van der Waals surface area contributed by atoms with Gasteiger partial charge >= 0.3 is 0 Å². The van der Waals surface area contributed by atoms with Crippen LogP contribution in [0.2, 0.25) is 0 Å². The van der Waals surface area contributed by atoms with Gasteiger partial charge in [-0.3, -0.25) is 9.59 Å². The third-order valence-corrected chi connectivity index (χ3v) is 3.48. The number of methoxy groups -OCH3 is 1. The molecule has 24 heavy (non-hydrogen) atoms. The third-order valence-electron chi connectivity index (χ3n) is 3.48. The van der Waals surface area contributed by atoms with E-state index in [9.17, 15) is 9.59 Å². The molecule has 0 saturated heterocycles. The Morgan fingerprint density at radius 3 is 2.04 bits per heavy atom. The molecule has 2 aromatic carbocycles. The highest BCUT2D eigenvalue weighted by Crippen LogP contribution is 2.22. The third kappa shape index (κ3) is 5.12. The molecule has 0 aliphatic rings. The maximum absolute atomic E-state index is 12.2. The quantitative estimate of drug-likeness (QED) is 0.816. The van der Waals surface area contributed by atoms with E-state index in [2.05, 4.69) is 10.6 Å². The minimum Gasteiger partial charge on any atom is -0.497 e. The number of nitrogens with one attached hydrogen (secondary N) is 2. The summed E-state index contributed by atoms with van der Waals surface area (Å²) in [5, 5.41) is 5.68. The molecule has 0 radical (unpaired) electrons. The van der Waals surface area contributed by atoms with Gasteiger partial charge in [-0.25, -0.2) is 0 Å². The van der Waals surface area contributed by atoms with E-state index in [0.717, 1.165) is 17.7 Å². The van der Waals surface area contributed by atoms with Crippen molar-refractivity contribution < 1.29 is 14.3 Å². The lowest BCUT2D eigenvalue weighted by atomic mass is 10.1. The van der Waals surface area contributed by atoms with Crippen LogP contribution in [0.3, 0.4) is 0 Å². The van der Waals surface area contributed by atoms with Gasteiger partial charge in [0, 0.05) is 6.42 Å². The molecule has 0 saturated carbocycles. The molecule has 2 N–H and O–H groups in total. The van der Waals surface area contributed by atoms with Gasteiger partial charge in [-0.15, -0.1) is 0 Å². The number of para-hydroxylation sites is 2. The zero-order valence-corrected chi connectivity index (χ0v) is 14.0. The number of benzene rings is 2. The summed E-state index contributed by atoms with van der Waals surface area (Å²) in [7, 11) is 1.60. The van der Waals surface area contributed by atoms with Gasteiger partial charge in [-0.2, -0.15) is 0 Å². The highest BCUT2D eigenvalue weighted by molar-refractivity contribution is 6.00. The highest BCUT2D eigenvalue weighted by atomic mass is 16.5. The SMILES string of the molecule is CCCC(=O)Nc1ccccc1NC(=O)Cc1ccc(OC)cc1. The number of hydrogen-bond donors (Lipinski definition) is 2. The van der Waals surface area contributed by atoms with Crippen LogP contribution in [0.15, 0.2) is 48.5 Å². The maximum atomic E-state index is 12.2. The van der Waals surface area contributed by atoms with Crippen molar-refractivity contribution in [3.63, 3.8) is 0 Å². The molecule has 5 heteroatoms. The first-order valence-electron chi connectivity index (χ1n) is 7.94. The lowest BCUT2D eigenvalue weighted by molar-refractivity contribution is -0.116. The first-order chi connectivity index (χ1) is 11.6. The van der Waals surface area contributed by atoms with Crippen molar-refractivity contribution >= 4 is 23.2 Å². The van der Waals surface area contributed by atoms with Gasteiger partial charge in [0.15, 0.2) is 0 Å². The first kappa shape index (κ1) is 17.5. The van der Waals surface area contributed by atoms with Crippen LogP contribution in [-0.2, 0) is 16.0 Å². The molecule has 0 unspecified atom stereocenters. The minimum atomic E-state index is -0.141. The van der Waals surface area contributed by atoms with Crippen LogP contribution in [0.4, 0.5) is 11.4 Å². The average molecular weight is 326 g/mol. The van der Waals surface area contributed by atoms with E-state index in [1.54, 1.807) is 19.2 Å². The van der Waals surface area contributed by atoms with Crippen LogP contribution in [0.25, 0.3) is 0 Å². The molecule has 2 rings (SSSR count). The normalized spacial score (nSPS) is 10.1.